The van der Waals surface area contributed by atoms with Crippen molar-refractivity contribution in [1.82, 2.24) is 0 Å². The van der Waals surface area contributed by atoms with E-state index in [-0.39, 0.29) is 51.7 Å². The molecule has 0 saturated carbocycles. The van der Waals surface area contributed by atoms with Gasteiger partial charge >= 0.3 is 0 Å². The summed E-state index contributed by atoms with van der Waals surface area (Å²) in [6.45, 7) is 10.7. The second kappa shape index (κ2) is 9.69. The molecular formula is C31H32O8. The molecule has 6 N–H and O–H groups in total. The van der Waals surface area contributed by atoms with E-state index in [1.165, 1.54) is 0 Å². The zero-order chi connectivity index (χ0) is 29.1. The number of carbonyl (C=O) groups excluding carboxylic acids is 2. The highest BCUT2D eigenvalue weighted by atomic mass is 16.3. The number of phenols is 6. The molecule has 0 bridgehead atoms. The lowest BCUT2D eigenvalue weighted by atomic mass is 9.84. The Balaban J connectivity index is 2.09. The van der Waals surface area contributed by atoms with E-state index in [9.17, 15) is 40.2 Å². The molecular weight excluding hydrogens is 500 g/mol. The summed E-state index contributed by atoms with van der Waals surface area (Å²) >= 11 is 0. The molecule has 4 rings (SSSR count). The van der Waals surface area contributed by atoms with E-state index in [0.29, 0.717) is 56.7 Å². The van der Waals surface area contributed by atoms with Crippen molar-refractivity contribution in [3.63, 3.8) is 0 Å². The summed E-state index contributed by atoms with van der Waals surface area (Å²) in [4.78, 5) is 23.9. The van der Waals surface area contributed by atoms with Crippen LogP contribution >= 0.6 is 0 Å². The normalized spacial score (nSPS) is 11.7. The summed E-state index contributed by atoms with van der Waals surface area (Å²) in [7, 11) is 0. The Bertz CT molecular complexity index is 1570. The van der Waals surface area contributed by atoms with Gasteiger partial charge in [0.25, 0.3) is 0 Å². The Morgan fingerprint density at radius 1 is 0.590 bits per heavy atom. The lowest BCUT2D eigenvalue weighted by Gasteiger charge is -2.22. The first kappa shape index (κ1) is 27.6. The Morgan fingerprint density at radius 3 is 1.21 bits per heavy atom. The van der Waals surface area contributed by atoms with Crippen LogP contribution < -0.4 is 0 Å². The molecule has 39 heavy (non-hydrogen) atoms. The van der Waals surface area contributed by atoms with Crippen LogP contribution in [-0.2, 0) is 6.42 Å². The van der Waals surface area contributed by atoms with Gasteiger partial charge in [0.1, 0.15) is 11.5 Å². The van der Waals surface area contributed by atoms with Crippen LogP contribution in [0.15, 0.2) is 12.1 Å². The van der Waals surface area contributed by atoms with Crippen molar-refractivity contribution in [2.75, 3.05) is 0 Å². The number of fused-ring (bicyclic) bond motifs is 2. The number of phenolic OH excluding ortho intramolecular Hbond substituents is 6. The number of aldehydes is 2. The number of hydrogen-bond acceptors (Lipinski definition) is 8. The molecule has 0 atom stereocenters. The summed E-state index contributed by atoms with van der Waals surface area (Å²) in [5, 5.41) is 66.3. The summed E-state index contributed by atoms with van der Waals surface area (Å²) in [5.74, 6) is -3.12. The SMILES string of the molecule is Cc1cc2c(C(C)C)c(O)c(O)c(C=O)c2c(O)c1Cc1c(C)cc2c(C(C)C)c(O)c(O)c(C=O)c2c1O. The van der Waals surface area contributed by atoms with Crippen LogP contribution in [0.3, 0.4) is 0 Å². The molecule has 8 nitrogen and oxygen atoms in total. The predicted octanol–water partition coefficient (Wildman–Crippen LogP) is 6.31. The van der Waals surface area contributed by atoms with E-state index in [2.05, 4.69) is 0 Å². The fraction of sp³-hybridized carbons (Fsp3) is 0.290. The van der Waals surface area contributed by atoms with Crippen molar-refractivity contribution in [3.05, 3.63) is 56.6 Å². The molecule has 0 aliphatic heterocycles. The van der Waals surface area contributed by atoms with E-state index in [0.717, 1.165) is 0 Å². The molecule has 0 aromatic heterocycles. The quantitative estimate of drug-likeness (QED) is 0.125. The van der Waals surface area contributed by atoms with Gasteiger partial charge in [-0.3, -0.25) is 9.59 Å². The minimum absolute atomic E-state index is 0.0187. The minimum atomic E-state index is -0.622. The van der Waals surface area contributed by atoms with E-state index in [1.807, 2.05) is 27.7 Å². The van der Waals surface area contributed by atoms with Gasteiger partial charge in [0, 0.05) is 39.4 Å². The second-order valence-corrected chi connectivity index (χ2v) is 10.7. The van der Waals surface area contributed by atoms with Gasteiger partial charge < -0.3 is 30.6 Å². The van der Waals surface area contributed by atoms with Crippen LogP contribution in [0.25, 0.3) is 21.5 Å². The molecule has 0 saturated heterocycles. The molecule has 4 aromatic rings. The smallest absolute Gasteiger partial charge is 0.169 e. The molecule has 0 radical (unpaired) electrons. The molecule has 8 heteroatoms. The van der Waals surface area contributed by atoms with Crippen LogP contribution in [-0.4, -0.2) is 43.2 Å². The highest BCUT2D eigenvalue weighted by molar-refractivity contribution is 6.09. The van der Waals surface area contributed by atoms with Crippen LogP contribution in [0, 0.1) is 13.8 Å². The van der Waals surface area contributed by atoms with Crippen LogP contribution in [0.5, 0.6) is 34.5 Å². The molecule has 0 spiro atoms. The topological polar surface area (TPSA) is 156 Å². The number of aryl methyl sites for hydroxylation is 2. The van der Waals surface area contributed by atoms with Crippen molar-refractivity contribution in [2.24, 2.45) is 0 Å². The monoisotopic (exact) mass is 532 g/mol. The summed E-state index contributed by atoms with van der Waals surface area (Å²) in [5.41, 5.74) is 2.20. The largest absolute Gasteiger partial charge is 0.507 e. The van der Waals surface area contributed by atoms with Crippen molar-refractivity contribution in [3.8, 4) is 34.5 Å². The maximum absolute atomic E-state index is 12.0. The van der Waals surface area contributed by atoms with E-state index < -0.39 is 23.0 Å². The molecule has 0 aliphatic carbocycles. The molecule has 0 aliphatic rings. The van der Waals surface area contributed by atoms with Crippen LogP contribution in [0.4, 0.5) is 0 Å². The zero-order valence-corrected chi connectivity index (χ0v) is 22.7. The summed E-state index contributed by atoms with van der Waals surface area (Å²) < 4.78 is 0. The molecule has 0 heterocycles. The zero-order valence-electron chi connectivity index (χ0n) is 22.7. The third-order valence-corrected chi connectivity index (χ3v) is 7.59. The van der Waals surface area contributed by atoms with E-state index in [4.69, 9.17) is 0 Å². The maximum atomic E-state index is 12.0. The molecule has 0 fully saturated rings. The van der Waals surface area contributed by atoms with Crippen LogP contribution in [0.2, 0.25) is 0 Å². The lowest BCUT2D eigenvalue weighted by molar-refractivity contribution is 0.111. The predicted molar refractivity (Wildman–Crippen MR) is 149 cm³/mol. The van der Waals surface area contributed by atoms with Gasteiger partial charge in [-0.05, 0) is 47.6 Å². The number of rotatable bonds is 6. The first-order valence-electron chi connectivity index (χ1n) is 12.6. The van der Waals surface area contributed by atoms with Gasteiger partial charge in [0.2, 0.25) is 0 Å². The Kier molecular flexibility index (Phi) is 6.85. The van der Waals surface area contributed by atoms with Crippen molar-refractivity contribution in [2.45, 2.75) is 59.8 Å². The summed E-state index contributed by atoms with van der Waals surface area (Å²) in [6.07, 6.45) is 0.728. The number of carbonyl (C=O) groups is 2. The fourth-order valence-electron chi connectivity index (χ4n) is 5.68. The number of benzene rings is 4. The molecule has 0 unspecified atom stereocenters. The molecule has 4 aromatic carbocycles. The van der Waals surface area contributed by atoms with E-state index >= 15 is 0 Å². The van der Waals surface area contributed by atoms with Gasteiger partial charge in [0.05, 0.1) is 11.1 Å². The second-order valence-electron chi connectivity index (χ2n) is 10.7. The average Bonchev–Trinajstić information content (AvgIpc) is 2.85. The van der Waals surface area contributed by atoms with Gasteiger partial charge in [-0.25, -0.2) is 0 Å². The Morgan fingerprint density at radius 2 is 0.923 bits per heavy atom. The lowest BCUT2D eigenvalue weighted by Crippen LogP contribution is -2.03. The van der Waals surface area contributed by atoms with Gasteiger partial charge in [-0.2, -0.15) is 0 Å². The van der Waals surface area contributed by atoms with Gasteiger partial charge in [-0.1, -0.05) is 39.8 Å². The van der Waals surface area contributed by atoms with Gasteiger partial charge in [0.15, 0.2) is 35.6 Å². The number of aromatic hydroxyl groups is 6. The van der Waals surface area contributed by atoms with Crippen molar-refractivity contribution in [1.29, 1.82) is 0 Å². The average molecular weight is 533 g/mol. The van der Waals surface area contributed by atoms with Gasteiger partial charge in [-0.15, -0.1) is 0 Å². The maximum Gasteiger partial charge on any atom is 0.169 e. The Hall–Kier alpha value is -4.46. The number of hydrogen-bond donors (Lipinski definition) is 6. The van der Waals surface area contributed by atoms with Crippen molar-refractivity contribution >= 4 is 34.1 Å². The third-order valence-electron chi connectivity index (χ3n) is 7.59. The standard InChI is InChI=1S/C31H32O8/c1-12(2)22-18-7-14(5)16(26(34)24(18)20(10-32)28(36)30(22)38)9-17-15(6)8-19-23(13(3)4)31(39)29(37)21(11-33)25(19)27(17)35/h7-8,10-13,34-39H,9H2,1-6H3. The highest BCUT2D eigenvalue weighted by Crippen LogP contribution is 2.50. The highest BCUT2D eigenvalue weighted by Gasteiger charge is 2.28. The Labute approximate surface area is 225 Å². The van der Waals surface area contributed by atoms with Crippen LogP contribution in [0.1, 0.15) is 93.6 Å². The third kappa shape index (κ3) is 3.98. The molecule has 204 valence electrons. The first-order valence-corrected chi connectivity index (χ1v) is 12.6. The van der Waals surface area contributed by atoms with E-state index in [1.54, 1.807) is 26.0 Å². The molecule has 0 amide bonds. The first-order chi connectivity index (χ1) is 18.3. The minimum Gasteiger partial charge on any atom is -0.507 e. The fourth-order valence-corrected chi connectivity index (χ4v) is 5.68. The van der Waals surface area contributed by atoms with Crippen molar-refractivity contribution < 1.29 is 40.2 Å². The summed E-state index contributed by atoms with van der Waals surface area (Å²) in [6, 6.07) is 3.44.